The van der Waals surface area contributed by atoms with Crippen LogP contribution in [0.25, 0.3) is 0 Å². The van der Waals surface area contributed by atoms with E-state index in [1.54, 1.807) is 12.5 Å². The normalized spacial score (nSPS) is 54.0. The van der Waals surface area contributed by atoms with Crippen LogP contribution in [-0.2, 0) is 9.53 Å². The van der Waals surface area contributed by atoms with Gasteiger partial charge in [0, 0.05) is 12.3 Å². The van der Waals surface area contributed by atoms with E-state index in [0.717, 1.165) is 30.1 Å². The summed E-state index contributed by atoms with van der Waals surface area (Å²) in [6.07, 6.45) is 14.5. The van der Waals surface area contributed by atoms with E-state index in [-0.39, 0.29) is 17.5 Å². The first-order chi connectivity index (χ1) is 15.7. The minimum Gasteiger partial charge on any atom is -0.462 e. The van der Waals surface area contributed by atoms with Crippen LogP contribution in [0.2, 0.25) is 0 Å². The molecule has 34 heavy (non-hydrogen) atoms. The van der Waals surface area contributed by atoms with E-state index in [2.05, 4.69) is 61.5 Å². The molecule has 4 fully saturated rings. The van der Waals surface area contributed by atoms with E-state index in [9.17, 15) is 4.79 Å². The molecule has 0 aromatic carbocycles. The lowest BCUT2D eigenvalue weighted by Gasteiger charge is -2.73. The molecular weight excluding hydrogens is 416 g/mol. The van der Waals surface area contributed by atoms with E-state index in [1.165, 1.54) is 51.4 Å². The van der Waals surface area contributed by atoms with Gasteiger partial charge in [-0.05, 0) is 116 Å². The third-order valence-electron chi connectivity index (χ3n) is 13.8. The summed E-state index contributed by atoms with van der Waals surface area (Å²) in [6, 6.07) is 0. The highest BCUT2D eigenvalue weighted by atomic mass is 16.5. The molecule has 0 aromatic rings. The first-order valence-corrected chi connectivity index (χ1v) is 14.5. The molecule has 2 heteroatoms. The summed E-state index contributed by atoms with van der Waals surface area (Å²) in [4.78, 5) is 11.9. The highest BCUT2D eigenvalue weighted by Gasteiger charge is 2.69. The molecule has 0 saturated heterocycles. The summed E-state index contributed by atoms with van der Waals surface area (Å²) in [5, 5.41) is 0. The van der Waals surface area contributed by atoms with Gasteiger partial charge in [-0.25, -0.2) is 0 Å². The lowest BCUT2D eigenvalue weighted by molar-refractivity contribution is -0.252. The number of ether oxygens (including phenoxy) is 1. The molecule has 0 aliphatic heterocycles. The van der Waals surface area contributed by atoms with E-state index < -0.39 is 0 Å². The largest absolute Gasteiger partial charge is 0.462 e. The molecule has 0 bridgehead atoms. The van der Waals surface area contributed by atoms with Crippen molar-refractivity contribution in [3.63, 3.8) is 0 Å². The van der Waals surface area contributed by atoms with Crippen LogP contribution in [0.1, 0.15) is 120 Å². The molecule has 0 radical (unpaired) electrons. The molecule has 0 heterocycles. The Bertz CT molecular complexity index is 885. The summed E-state index contributed by atoms with van der Waals surface area (Å²) in [6.45, 7) is 22.1. The molecule has 0 amide bonds. The Morgan fingerprint density at radius 2 is 1.59 bits per heavy atom. The van der Waals surface area contributed by atoms with Crippen LogP contribution in [0.4, 0.5) is 0 Å². The van der Waals surface area contributed by atoms with Crippen molar-refractivity contribution >= 4 is 5.97 Å². The lowest BCUT2D eigenvalue weighted by atomic mass is 9.31. The molecule has 0 N–H and O–H groups in total. The predicted octanol–water partition coefficient (Wildman–Crippen LogP) is 8.60. The second-order valence-corrected chi connectivity index (χ2v) is 15.2. The van der Waals surface area contributed by atoms with Gasteiger partial charge in [-0.3, -0.25) is 4.79 Å². The Morgan fingerprint density at radius 1 is 0.882 bits per heavy atom. The summed E-state index contributed by atoms with van der Waals surface area (Å²) < 4.78 is 5.92. The van der Waals surface area contributed by atoms with Gasteiger partial charge in [0.15, 0.2) is 0 Å². The van der Waals surface area contributed by atoms with Crippen LogP contribution in [0.3, 0.4) is 0 Å². The van der Waals surface area contributed by atoms with Gasteiger partial charge < -0.3 is 4.74 Å². The monoisotopic (exact) mass is 468 g/mol. The Kier molecular flexibility index (Phi) is 5.57. The Morgan fingerprint density at radius 3 is 2.26 bits per heavy atom. The Balaban J connectivity index is 1.50. The van der Waals surface area contributed by atoms with Crippen LogP contribution in [0.5, 0.6) is 0 Å². The number of hydrogen-bond donors (Lipinski definition) is 0. The highest BCUT2D eigenvalue weighted by molar-refractivity contribution is 5.66. The van der Waals surface area contributed by atoms with Crippen molar-refractivity contribution in [2.75, 3.05) is 0 Å². The summed E-state index contributed by atoms with van der Waals surface area (Å²) in [5.74, 6) is 3.76. The molecule has 0 spiro atoms. The van der Waals surface area contributed by atoms with E-state index in [4.69, 9.17) is 4.74 Å². The molecule has 5 aliphatic rings. The fourth-order valence-corrected chi connectivity index (χ4v) is 11.7. The topological polar surface area (TPSA) is 26.3 Å². The van der Waals surface area contributed by atoms with Crippen LogP contribution in [0, 0.1) is 56.7 Å². The lowest BCUT2D eigenvalue weighted by Crippen LogP contribution is -2.67. The van der Waals surface area contributed by atoms with E-state index in [1.807, 2.05) is 0 Å². The van der Waals surface area contributed by atoms with Crippen molar-refractivity contribution in [1.29, 1.82) is 0 Å². The number of hydrogen-bond acceptors (Lipinski definition) is 2. The van der Waals surface area contributed by atoms with E-state index in [0.29, 0.717) is 27.6 Å². The molecule has 2 nitrogen and oxygen atoms in total. The van der Waals surface area contributed by atoms with Crippen molar-refractivity contribution in [3.05, 3.63) is 11.6 Å². The number of carbonyl (C=O) groups excluding carboxylic acids is 1. The van der Waals surface area contributed by atoms with Gasteiger partial charge in [0.05, 0.1) is 0 Å². The SMILES string of the molecule is CC(=O)OC1CCC2(C)C(CCC3(C)C2CCC2C4C(C)C(C)=CCC4(C)CCC23C)C1(C)C. The maximum atomic E-state index is 11.9. The highest BCUT2D eigenvalue weighted by Crippen LogP contribution is 2.76. The second kappa shape index (κ2) is 7.61. The molecule has 4 saturated carbocycles. The molecule has 10 unspecified atom stereocenters. The maximum Gasteiger partial charge on any atom is 0.302 e. The molecular formula is C32H52O2. The summed E-state index contributed by atoms with van der Waals surface area (Å²) in [7, 11) is 0. The van der Waals surface area contributed by atoms with E-state index >= 15 is 0 Å². The van der Waals surface area contributed by atoms with Crippen molar-refractivity contribution in [3.8, 4) is 0 Å². The van der Waals surface area contributed by atoms with Gasteiger partial charge in [-0.15, -0.1) is 0 Å². The van der Waals surface area contributed by atoms with Crippen molar-refractivity contribution in [2.24, 2.45) is 56.7 Å². The van der Waals surface area contributed by atoms with Gasteiger partial charge >= 0.3 is 5.97 Å². The summed E-state index contributed by atoms with van der Waals surface area (Å²) in [5.41, 5.74) is 3.43. The molecule has 0 aromatic heterocycles. The van der Waals surface area contributed by atoms with Gasteiger partial charge in [0.25, 0.3) is 0 Å². The quantitative estimate of drug-likeness (QED) is 0.284. The Hall–Kier alpha value is -0.790. The fraction of sp³-hybridized carbons (Fsp3) is 0.906. The number of esters is 1. The summed E-state index contributed by atoms with van der Waals surface area (Å²) >= 11 is 0. The second-order valence-electron chi connectivity index (χ2n) is 15.2. The first kappa shape index (κ1) is 24.9. The molecule has 192 valence electrons. The number of allylic oxidation sites excluding steroid dienone is 2. The minimum atomic E-state index is -0.105. The van der Waals surface area contributed by atoms with Crippen LogP contribution >= 0.6 is 0 Å². The standard InChI is InChI=1S/C32H52O2/c1-20-12-15-29(6)18-19-31(8)23(27(29)21(20)2)10-11-25-30(7)16-14-26(34-22(3)33)28(4,5)24(30)13-17-32(25,31)9/h12,21,23-27H,10-11,13-19H2,1-9H3. The Labute approximate surface area is 210 Å². The average Bonchev–Trinajstić information content (AvgIpc) is 2.74. The first-order valence-electron chi connectivity index (χ1n) is 14.5. The average molecular weight is 469 g/mol. The third-order valence-corrected chi connectivity index (χ3v) is 13.8. The number of carbonyl (C=O) groups is 1. The van der Waals surface area contributed by atoms with Crippen molar-refractivity contribution in [1.82, 2.24) is 0 Å². The third kappa shape index (κ3) is 3.08. The van der Waals surface area contributed by atoms with Crippen molar-refractivity contribution < 1.29 is 9.53 Å². The molecule has 5 aliphatic carbocycles. The predicted molar refractivity (Wildman–Crippen MR) is 140 cm³/mol. The van der Waals surface area contributed by atoms with Gasteiger partial charge in [-0.2, -0.15) is 0 Å². The maximum absolute atomic E-state index is 11.9. The molecule has 10 atom stereocenters. The fourth-order valence-electron chi connectivity index (χ4n) is 11.7. The molecule has 5 rings (SSSR count). The van der Waals surface area contributed by atoms with Crippen LogP contribution < -0.4 is 0 Å². The van der Waals surface area contributed by atoms with Gasteiger partial charge in [-0.1, -0.05) is 60.1 Å². The minimum absolute atomic E-state index is 0.0582. The zero-order chi connectivity index (χ0) is 24.9. The van der Waals surface area contributed by atoms with Crippen LogP contribution in [-0.4, -0.2) is 12.1 Å². The van der Waals surface area contributed by atoms with Gasteiger partial charge in [0.1, 0.15) is 6.10 Å². The van der Waals surface area contributed by atoms with Crippen LogP contribution in [0.15, 0.2) is 11.6 Å². The smallest absolute Gasteiger partial charge is 0.302 e. The zero-order valence-corrected chi connectivity index (χ0v) is 23.7. The number of rotatable bonds is 1. The van der Waals surface area contributed by atoms with Gasteiger partial charge in [0.2, 0.25) is 0 Å². The number of fused-ring (bicyclic) bond motifs is 7. The van der Waals surface area contributed by atoms with Crippen molar-refractivity contribution in [2.45, 2.75) is 126 Å². The zero-order valence-electron chi connectivity index (χ0n) is 23.7.